The van der Waals surface area contributed by atoms with Gasteiger partial charge in [-0.25, -0.2) is 0 Å². The Morgan fingerprint density at radius 1 is 1.21 bits per heavy atom. The number of nitrogen functional groups attached to an aromatic ring is 1. The second-order valence-electron chi connectivity index (χ2n) is 6.37. The molecule has 0 aliphatic heterocycles. The Labute approximate surface area is 144 Å². The third kappa shape index (κ3) is 5.10. The number of amides is 1. The first-order valence-corrected chi connectivity index (χ1v) is 8.36. The van der Waals surface area contributed by atoms with Crippen molar-refractivity contribution in [2.24, 2.45) is 0 Å². The fraction of sp³-hybridized carbons (Fsp3) is 0.350. The minimum atomic E-state index is -0.0577. The molecule has 2 aromatic rings. The molecule has 4 nitrogen and oxygen atoms in total. The standard InChI is InChI=1S/C20H27N3O/c1-15-9-10-18(21)13-19(15)20(24)22-12-11-16(2)23(3)14-17-7-5-4-6-8-17/h4-10,13,16H,11-12,14,21H2,1-3H3,(H,22,24). The number of carbonyl (C=O) groups excluding carboxylic acids is 1. The second kappa shape index (κ2) is 8.50. The highest BCUT2D eigenvalue weighted by Gasteiger charge is 2.12. The molecule has 24 heavy (non-hydrogen) atoms. The van der Waals surface area contributed by atoms with Crippen molar-refractivity contribution in [1.82, 2.24) is 10.2 Å². The molecule has 0 saturated carbocycles. The molecule has 3 N–H and O–H groups in total. The number of benzene rings is 2. The first-order chi connectivity index (χ1) is 11.5. The molecule has 1 atom stereocenters. The van der Waals surface area contributed by atoms with E-state index in [1.807, 2.05) is 25.1 Å². The lowest BCUT2D eigenvalue weighted by molar-refractivity contribution is 0.0948. The van der Waals surface area contributed by atoms with Crippen LogP contribution in [0.3, 0.4) is 0 Å². The number of nitrogens with zero attached hydrogens (tertiary/aromatic N) is 1. The van der Waals surface area contributed by atoms with Gasteiger partial charge in [-0.2, -0.15) is 0 Å². The molecule has 0 spiro atoms. The van der Waals surface area contributed by atoms with Gasteiger partial charge < -0.3 is 11.1 Å². The maximum absolute atomic E-state index is 12.3. The van der Waals surface area contributed by atoms with E-state index in [-0.39, 0.29) is 5.91 Å². The third-order valence-corrected chi connectivity index (χ3v) is 4.38. The predicted molar refractivity (Wildman–Crippen MR) is 99.9 cm³/mol. The van der Waals surface area contributed by atoms with Crippen molar-refractivity contribution in [3.05, 3.63) is 65.2 Å². The van der Waals surface area contributed by atoms with Gasteiger partial charge in [-0.3, -0.25) is 9.69 Å². The van der Waals surface area contributed by atoms with Crippen LogP contribution in [0.25, 0.3) is 0 Å². The van der Waals surface area contributed by atoms with Gasteiger partial charge in [-0.15, -0.1) is 0 Å². The van der Waals surface area contributed by atoms with Crippen molar-refractivity contribution in [3.63, 3.8) is 0 Å². The molecule has 0 heterocycles. The Balaban J connectivity index is 1.80. The van der Waals surface area contributed by atoms with E-state index in [4.69, 9.17) is 5.73 Å². The maximum atomic E-state index is 12.3. The molecule has 1 unspecified atom stereocenters. The number of aryl methyl sites for hydroxylation is 1. The van der Waals surface area contributed by atoms with Crippen molar-refractivity contribution in [3.8, 4) is 0 Å². The van der Waals surface area contributed by atoms with Crippen molar-refractivity contribution < 1.29 is 4.79 Å². The summed E-state index contributed by atoms with van der Waals surface area (Å²) in [7, 11) is 2.11. The number of nitrogens with two attached hydrogens (primary N) is 1. The van der Waals surface area contributed by atoms with E-state index in [2.05, 4.69) is 48.5 Å². The Hall–Kier alpha value is -2.33. The van der Waals surface area contributed by atoms with Crippen molar-refractivity contribution in [2.45, 2.75) is 32.9 Å². The van der Waals surface area contributed by atoms with Crippen LogP contribution in [0, 0.1) is 6.92 Å². The maximum Gasteiger partial charge on any atom is 0.251 e. The van der Waals surface area contributed by atoms with Gasteiger partial charge in [0.05, 0.1) is 0 Å². The molecule has 4 heteroatoms. The molecule has 0 aliphatic rings. The molecular weight excluding hydrogens is 298 g/mol. The van der Waals surface area contributed by atoms with Crippen LogP contribution in [0.2, 0.25) is 0 Å². The highest BCUT2D eigenvalue weighted by Crippen LogP contribution is 2.13. The lowest BCUT2D eigenvalue weighted by atomic mass is 10.1. The van der Waals surface area contributed by atoms with Crippen LogP contribution in [0.15, 0.2) is 48.5 Å². The van der Waals surface area contributed by atoms with Gasteiger partial charge in [-0.05, 0) is 50.6 Å². The molecule has 0 radical (unpaired) electrons. The topological polar surface area (TPSA) is 58.4 Å². The summed E-state index contributed by atoms with van der Waals surface area (Å²) in [6, 6.07) is 16.2. The number of hydrogen-bond acceptors (Lipinski definition) is 3. The number of rotatable bonds is 7. The summed E-state index contributed by atoms with van der Waals surface area (Å²) >= 11 is 0. The Morgan fingerprint density at radius 2 is 1.92 bits per heavy atom. The first-order valence-electron chi connectivity index (χ1n) is 8.36. The minimum absolute atomic E-state index is 0.0577. The van der Waals surface area contributed by atoms with Gasteiger partial charge in [-0.1, -0.05) is 36.4 Å². The molecular formula is C20H27N3O. The van der Waals surface area contributed by atoms with E-state index in [9.17, 15) is 4.79 Å². The summed E-state index contributed by atoms with van der Waals surface area (Å²) in [5.74, 6) is -0.0577. The fourth-order valence-corrected chi connectivity index (χ4v) is 2.62. The molecule has 0 saturated heterocycles. The van der Waals surface area contributed by atoms with Gasteiger partial charge in [0.15, 0.2) is 0 Å². The Morgan fingerprint density at radius 3 is 2.62 bits per heavy atom. The number of anilines is 1. The summed E-state index contributed by atoms with van der Waals surface area (Å²) in [5, 5.41) is 3.00. The van der Waals surface area contributed by atoms with Gasteiger partial charge in [0.25, 0.3) is 5.91 Å². The van der Waals surface area contributed by atoms with E-state index in [0.29, 0.717) is 23.8 Å². The van der Waals surface area contributed by atoms with Crippen LogP contribution in [-0.2, 0) is 6.54 Å². The molecule has 0 aliphatic carbocycles. The first kappa shape index (κ1) is 18.0. The second-order valence-corrected chi connectivity index (χ2v) is 6.37. The smallest absolute Gasteiger partial charge is 0.251 e. The predicted octanol–water partition coefficient (Wildman–Crippen LogP) is 3.22. The van der Waals surface area contributed by atoms with Crippen LogP contribution in [0.1, 0.15) is 34.8 Å². The summed E-state index contributed by atoms with van der Waals surface area (Å²) in [4.78, 5) is 14.6. The fourth-order valence-electron chi connectivity index (χ4n) is 2.62. The lowest BCUT2D eigenvalue weighted by Gasteiger charge is -2.25. The van der Waals surface area contributed by atoms with E-state index in [1.165, 1.54) is 5.56 Å². The number of nitrogens with one attached hydrogen (secondary N) is 1. The molecule has 0 fully saturated rings. The number of carbonyl (C=O) groups is 1. The van der Waals surface area contributed by atoms with Gasteiger partial charge in [0.1, 0.15) is 0 Å². The van der Waals surface area contributed by atoms with Crippen molar-refractivity contribution in [1.29, 1.82) is 0 Å². The zero-order valence-corrected chi connectivity index (χ0v) is 14.8. The third-order valence-electron chi connectivity index (χ3n) is 4.38. The summed E-state index contributed by atoms with van der Waals surface area (Å²) < 4.78 is 0. The van der Waals surface area contributed by atoms with Crippen LogP contribution in [0.5, 0.6) is 0 Å². The van der Waals surface area contributed by atoms with Gasteiger partial charge in [0.2, 0.25) is 0 Å². The molecule has 128 valence electrons. The van der Waals surface area contributed by atoms with E-state index >= 15 is 0 Å². The Bertz CT molecular complexity index is 670. The SMILES string of the molecule is Cc1ccc(N)cc1C(=O)NCCC(C)N(C)Cc1ccccc1. The van der Waals surface area contributed by atoms with Crippen LogP contribution in [-0.4, -0.2) is 30.4 Å². The average Bonchev–Trinajstić information content (AvgIpc) is 2.57. The van der Waals surface area contributed by atoms with Crippen LogP contribution < -0.4 is 11.1 Å². The molecule has 0 bridgehead atoms. The average molecular weight is 325 g/mol. The van der Waals surface area contributed by atoms with Crippen LogP contribution >= 0.6 is 0 Å². The zero-order chi connectivity index (χ0) is 17.5. The summed E-state index contributed by atoms with van der Waals surface area (Å²) in [5.41, 5.74) is 9.27. The summed E-state index contributed by atoms with van der Waals surface area (Å²) in [6.07, 6.45) is 0.899. The van der Waals surface area contributed by atoms with E-state index in [1.54, 1.807) is 6.07 Å². The highest BCUT2D eigenvalue weighted by atomic mass is 16.1. The molecule has 2 aromatic carbocycles. The van der Waals surface area contributed by atoms with E-state index in [0.717, 1.165) is 18.5 Å². The lowest BCUT2D eigenvalue weighted by Crippen LogP contribution is -2.33. The minimum Gasteiger partial charge on any atom is -0.399 e. The largest absolute Gasteiger partial charge is 0.399 e. The molecule has 2 rings (SSSR count). The highest BCUT2D eigenvalue weighted by molar-refractivity contribution is 5.96. The zero-order valence-electron chi connectivity index (χ0n) is 14.8. The quantitative estimate of drug-likeness (QED) is 0.769. The monoisotopic (exact) mass is 325 g/mol. The molecule has 0 aromatic heterocycles. The van der Waals surface area contributed by atoms with Gasteiger partial charge in [0, 0.05) is 30.4 Å². The van der Waals surface area contributed by atoms with Crippen molar-refractivity contribution >= 4 is 11.6 Å². The summed E-state index contributed by atoms with van der Waals surface area (Å²) in [6.45, 7) is 5.66. The molecule has 1 amide bonds. The Kier molecular flexibility index (Phi) is 6.38. The van der Waals surface area contributed by atoms with Gasteiger partial charge >= 0.3 is 0 Å². The number of hydrogen-bond donors (Lipinski definition) is 2. The van der Waals surface area contributed by atoms with Crippen LogP contribution in [0.4, 0.5) is 5.69 Å². The van der Waals surface area contributed by atoms with Crippen molar-refractivity contribution in [2.75, 3.05) is 19.3 Å². The van der Waals surface area contributed by atoms with E-state index < -0.39 is 0 Å². The normalized spacial score (nSPS) is 12.2.